The average Bonchev–Trinajstić information content (AvgIpc) is 3.54. The van der Waals surface area contributed by atoms with Gasteiger partial charge >= 0.3 is 6.03 Å². The number of aliphatic hydroxyl groups excluding tert-OH is 1. The molecule has 3 atom stereocenters. The standard InChI is InChI=1S/C28H37N5O5/c1-17-14-33(18(2)16-34)27(35)23-12-22(11-10-21-8-6-7-9-21)13-29-26(23)37-24(17)15-32(5)28(36)30-25-19(3)31-38-20(25)4/h12-13,17-18,21,24,34H,6-9,14-16H2,1-5H3,(H,30,36)/t17-,18+,24-/m0/s1. The lowest BCUT2D eigenvalue weighted by molar-refractivity contribution is 0.0356. The van der Waals surface area contributed by atoms with Crippen molar-refractivity contribution >= 4 is 17.6 Å². The van der Waals surface area contributed by atoms with Gasteiger partial charge in [0, 0.05) is 37.2 Å². The third-order valence-electron chi connectivity index (χ3n) is 7.36. The van der Waals surface area contributed by atoms with E-state index >= 15 is 0 Å². The highest BCUT2D eigenvalue weighted by Crippen LogP contribution is 2.28. The number of carbonyl (C=O) groups excluding carboxylic acids is 2. The molecular formula is C28H37N5O5. The summed E-state index contributed by atoms with van der Waals surface area (Å²) in [5.41, 5.74) is 2.10. The number of aryl methyl sites for hydroxylation is 2. The minimum Gasteiger partial charge on any atom is -0.472 e. The lowest BCUT2D eigenvalue weighted by Crippen LogP contribution is -2.50. The molecule has 3 amide bonds. The number of anilines is 1. The van der Waals surface area contributed by atoms with E-state index in [1.54, 1.807) is 38.1 Å². The number of fused-ring (bicyclic) bond motifs is 1. The van der Waals surface area contributed by atoms with Gasteiger partial charge in [0.25, 0.3) is 5.91 Å². The van der Waals surface area contributed by atoms with Crippen molar-refractivity contribution in [1.29, 1.82) is 0 Å². The number of carbonyl (C=O) groups is 2. The van der Waals surface area contributed by atoms with Crippen LogP contribution in [0.3, 0.4) is 0 Å². The van der Waals surface area contributed by atoms with Crippen LogP contribution in [0, 0.1) is 37.5 Å². The number of ether oxygens (including phenoxy) is 1. The normalized spacial score (nSPS) is 20.5. The van der Waals surface area contributed by atoms with E-state index in [9.17, 15) is 14.7 Å². The molecule has 3 heterocycles. The van der Waals surface area contributed by atoms with Crippen LogP contribution in [0.5, 0.6) is 5.88 Å². The first-order valence-electron chi connectivity index (χ1n) is 13.2. The summed E-state index contributed by atoms with van der Waals surface area (Å²) in [6.45, 7) is 7.68. The Morgan fingerprint density at radius 2 is 2.08 bits per heavy atom. The van der Waals surface area contributed by atoms with Gasteiger partial charge in [-0.05, 0) is 39.7 Å². The van der Waals surface area contributed by atoms with Gasteiger partial charge in [-0.2, -0.15) is 0 Å². The largest absolute Gasteiger partial charge is 0.472 e. The van der Waals surface area contributed by atoms with Crippen LogP contribution in [0.4, 0.5) is 10.5 Å². The Balaban J connectivity index is 1.59. The molecule has 10 nitrogen and oxygen atoms in total. The second kappa shape index (κ2) is 11.9. The van der Waals surface area contributed by atoms with E-state index in [0.29, 0.717) is 40.7 Å². The van der Waals surface area contributed by atoms with Crippen molar-refractivity contribution in [2.24, 2.45) is 11.8 Å². The van der Waals surface area contributed by atoms with Crippen LogP contribution >= 0.6 is 0 Å². The Kier molecular flexibility index (Phi) is 8.57. The number of likely N-dealkylation sites (N-methyl/N-ethyl adjacent to an activating group) is 1. The molecule has 1 saturated carbocycles. The van der Waals surface area contributed by atoms with Crippen molar-refractivity contribution in [3.8, 4) is 17.7 Å². The maximum absolute atomic E-state index is 13.6. The first-order chi connectivity index (χ1) is 18.2. The van der Waals surface area contributed by atoms with Gasteiger partial charge in [-0.25, -0.2) is 9.78 Å². The number of hydrogen-bond donors (Lipinski definition) is 2. The number of hydrogen-bond acceptors (Lipinski definition) is 7. The molecule has 1 aliphatic heterocycles. The third kappa shape index (κ3) is 6.10. The molecule has 38 heavy (non-hydrogen) atoms. The summed E-state index contributed by atoms with van der Waals surface area (Å²) in [6.07, 6.45) is 5.78. The molecular weight excluding hydrogens is 486 g/mol. The van der Waals surface area contributed by atoms with Gasteiger partial charge in [0.05, 0.1) is 19.2 Å². The molecule has 0 bridgehead atoms. The molecule has 1 fully saturated rings. The monoisotopic (exact) mass is 523 g/mol. The second-order valence-corrected chi connectivity index (χ2v) is 10.5. The van der Waals surface area contributed by atoms with Crippen molar-refractivity contribution < 1.29 is 24.0 Å². The molecule has 0 spiro atoms. The fourth-order valence-corrected chi connectivity index (χ4v) is 4.86. The summed E-state index contributed by atoms with van der Waals surface area (Å²) in [5.74, 6) is 7.20. The van der Waals surface area contributed by atoms with Gasteiger partial charge in [0.15, 0.2) is 5.76 Å². The van der Waals surface area contributed by atoms with Crippen molar-refractivity contribution in [1.82, 2.24) is 19.9 Å². The van der Waals surface area contributed by atoms with E-state index in [1.807, 2.05) is 13.8 Å². The van der Waals surface area contributed by atoms with E-state index in [1.165, 1.54) is 17.7 Å². The number of urea groups is 1. The highest BCUT2D eigenvalue weighted by molar-refractivity contribution is 5.97. The molecule has 2 N–H and O–H groups in total. The fourth-order valence-electron chi connectivity index (χ4n) is 4.86. The van der Waals surface area contributed by atoms with E-state index in [0.717, 1.165) is 12.8 Å². The topological polar surface area (TPSA) is 121 Å². The van der Waals surface area contributed by atoms with Crippen molar-refractivity contribution in [2.45, 2.75) is 65.5 Å². The molecule has 1 aliphatic carbocycles. The molecule has 2 aliphatic rings. The third-order valence-corrected chi connectivity index (χ3v) is 7.36. The van der Waals surface area contributed by atoms with Gasteiger partial charge in [-0.1, -0.05) is 36.8 Å². The van der Waals surface area contributed by atoms with Crippen LogP contribution in [-0.4, -0.2) is 75.9 Å². The molecule has 10 heteroatoms. The first-order valence-corrected chi connectivity index (χ1v) is 13.2. The number of amides is 3. The molecule has 4 rings (SSSR count). The average molecular weight is 524 g/mol. The zero-order chi connectivity index (χ0) is 27.4. The van der Waals surface area contributed by atoms with E-state index < -0.39 is 12.1 Å². The van der Waals surface area contributed by atoms with Gasteiger partial charge in [-0.15, -0.1) is 0 Å². The highest BCUT2D eigenvalue weighted by atomic mass is 16.5. The Bertz CT molecular complexity index is 1210. The Labute approximate surface area is 223 Å². The maximum Gasteiger partial charge on any atom is 0.321 e. The maximum atomic E-state index is 13.6. The first kappa shape index (κ1) is 27.5. The lowest BCUT2D eigenvalue weighted by atomic mass is 10.00. The summed E-state index contributed by atoms with van der Waals surface area (Å²) >= 11 is 0. The molecule has 0 aromatic carbocycles. The molecule has 204 valence electrons. The van der Waals surface area contributed by atoms with Crippen LogP contribution in [0.1, 0.15) is 66.9 Å². The zero-order valence-corrected chi connectivity index (χ0v) is 22.8. The summed E-state index contributed by atoms with van der Waals surface area (Å²) < 4.78 is 11.4. The number of aliphatic hydroxyl groups is 1. The highest BCUT2D eigenvalue weighted by Gasteiger charge is 2.35. The summed E-state index contributed by atoms with van der Waals surface area (Å²) in [5, 5.41) is 16.6. The predicted octanol–water partition coefficient (Wildman–Crippen LogP) is 3.61. The molecule has 2 aromatic heterocycles. The number of pyridine rings is 1. The predicted molar refractivity (Wildman–Crippen MR) is 142 cm³/mol. The Morgan fingerprint density at radius 1 is 1.34 bits per heavy atom. The molecule has 0 radical (unpaired) electrons. The minimum atomic E-state index is -0.460. The summed E-state index contributed by atoms with van der Waals surface area (Å²) in [6, 6.07) is 0.995. The van der Waals surface area contributed by atoms with E-state index in [2.05, 4.69) is 27.3 Å². The van der Waals surface area contributed by atoms with Crippen molar-refractivity contribution in [3.05, 3.63) is 34.8 Å². The van der Waals surface area contributed by atoms with Crippen molar-refractivity contribution in [3.63, 3.8) is 0 Å². The molecule has 0 unspecified atom stereocenters. The van der Waals surface area contributed by atoms with E-state index in [4.69, 9.17) is 9.26 Å². The second-order valence-electron chi connectivity index (χ2n) is 10.5. The summed E-state index contributed by atoms with van der Waals surface area (Å²) in [4.78, 5) is 34.2. The van der Waals surface area contributed by atoms with E-state index in [-0.39, 0.29) is 36.9 Å². The SMILES string of the molecule is Cc1noc(C)c1NC(=O)N(C)C[C@@H]1Oc2ncc(C#CC3CCCC3)cc2C(=O)N([C@H](C)CO)C[C@@H]1C. The number of nitrogens with zero attached hydrogens (tertiary/aromatic N) is 4. The number of rotatable bonds is 5. The van der Waals surface area contributed by atoms with Crippen molar-refractivity contribution in [2.75, 3.05) is 32.1 Å². The van der Waals surface area contributed by atoms with Gasteiger partial charge in [-0.3, -0.25) is 4.79 Å². The van der Waals surface area contributed by atoms with Crippen LogP contribution < -0.4 is 10.1 Å². The van der Waals surface area contributed by atoms with Crippen LogP contribution in [0.15, 0.2) is 16.8 Å². The number of nitrogens with one attached hydrogen (secondary N) is 1. The zero-order valence-electron chi connectivity index (χ0n) is 22.8. The van der Waals surface area contributed by atoms with Gasteiger partial charge < -0.3 is 29.5 Å². The quantitative estimate of drug-likeness (QED) is 0.574. The van der Waals surface area contributed by atoms with Crippen LogP contribution in [0.25, 0.3) is 0 Å². The Hall–Kier alpha value is -3.58. The van der Waals surface area contributed by atoms with Crippen LogP contribution in [0.2, 0.25) is 0 Å². The van der Waals surface area contributed by atoms with Crippen LogP contribution in [-0.2, 0) is 0 Å². The fraction of sp³-hybridized carbons (Fsp3) is 0.571. The molecule has 0 saturated heterocycles. The minimum absolute atomic E-state index is 0.154. The van der Waals surface area contributed by atoms with Gasteiger partial charge in [0.2, 0.25) is 5.88 Å². The molecule has 2 aromatic rings. The Morgan fingerprint density at radius 3 is 2.74 bits per heavy atom. The summed E-state index contributed by atoms with van der Waals surface area (Å²) in [7, 11) is 1.68. The van der Waals surface area contributed by atoms with Gasteiger partial charge in [0.1, 0.15) is 23.0 Å². The smallest absolute Gasteiger partial charge is 0.321 e. The lowest BCUT2D eigenvalue weighted by Gasteiger charge is -2.37. The number of aromatic nitrogens is 2.